The summed E-state index contributed by atoms with van der Waals surface area (Å²) >= 11 is 0. The smallest absolute Gasteiger partial charge is 0.407 e. The Labute approximate surface area is 187 Å². The van der Waals surface area contributed by atoms with E-state index >= 15 is 0 Å². The van der Waals surface area contributed by atoms with Crippen molar-refractivity contribution in [3.05, 3.63) is 59.7 Å². The monoisotopic (exact) mass is 436 g/mol. The lowest BCUT2D eigenvalue weighted by Gasteiger charge is -2.30. The lowest BCUT2D eigenvalue weighted by atomic mass is 9.78. The zero-order valence-electron chi connectivity index (χ0n) is 17.9. The van der Waals surface area contributed by atoms with Crippen molar-refractivity contribution >= 4 is 18.0 Å². The molecule has 2 aromatic rings. The molecule has 2 amide bonds. The molecule has 0 spiro atoms. The second-order valence-corrected chi connectivity index (χ2v) is 8.47. The number of carbonyl (C=O) groups excluding carboxylic acids is 2. The van der Waals surface area contributed by atoms with Crippen LogP contribution in [0, 0.1) is 11.8 Å². The molecule has 168 valence electrons. The number of ether oxygens (including phenoxy) is 1. The normalized spacial score (nSPS) is 19.5. The Morgan fingerprint density at radius 1 is 0.906 bits per heavy atom. The predicted molar refractivity (Wildman–Crippen MR) is 119 cm³/mol. The Bertz CT molecular complexity index is 960. The Hall–Kier alpha value is -3.35. The number of fused-ring (bicyclic) bond motifs is 3. The Morgan fingerprint density at radius 3 is 2.19 bits per heavy atom. The minimum Gasteiger partial charge on any atom is -0.480 e. The molecular weight excluding hydrogens is 408 g/mol. The zero-order valence-corrected chi connectivity index (χ0v) is 17.9. The van der Waals surface area contributed by atoms with E-state index in [9.17, 15) is 14.4 Å². The van der Waals surface area contributed by atoms with Crippen LogP contribution < -0.4 is 10.6 Å². The summed E-state index contributed by atoms with van der Waals surface area (Å²) in [6.45, 7) is 0.191. The van der Waals surface area contributed by atoms with E-state index in [1.807, 2.05) is 24.3 Å². The number of amides is 2. The number of benzene rings is 2. The van der Waals surface area contributed by atoms with Crippen LogP contribution in [0.4, 0.5) is 4.79 Å². The summed E-state index contributed by atoms with van der Waals surface area (Å²) in [6, 6.07) is 16.3. The molecule has 0 bridgehead atoms. The molecule has 0 aliphatic heterocycles. The van der Waals surface area contributed by atoms with Crippen molar-refractivity contribution in [3.8, 4) is 11.1 Å². The second-order valence-electron chi connectivity index (χ2n) is 8.47. The number of aliphatic carboxylic acids is 1. The van der Waals surface area contributed by atoms with E-state index < -0.39 is 12.1 Å². The number of nitrogens with one attached hydrogen (secondary N) is 2. The van der Waals surface area contributed by atoms with Crippen molar-refractivity contribution in [2.24, 2.45) is 11.8 Å². The highest BCUT2D eigenvalue weighted by Crippen LogP contribution is 2.44. The molecule has 0 aromatic heterocycles. The summed E-state index contributed by atoms with van der Waals surface area (Å²) < 4.78 is 5.58. The standard InChI is InChI=1S/C25H28N2O5/c28-23(29)14-26-24(30)17-8-2-1-7-16(17)13-27-25(31)32-15-22-20-11-5-3-9-18(20)19-10-4-6-12-21(19)22/h3-6,9-12,16-17,22H,1-2,7-8,13-15H2,(H,26,30)(H,27,31)(H,28,29)/t16-,17-/m1/s1. The van der Waals surface area contributed by atoms with Crippen LogP contribution in [0.15, 0.2) is 48.5 Å². The van der Waals surface area contributed by atoms with Crippen LogP contribution in [0.5, 0.6) is 0 Å². The van der Waals surface area contributed by atoms with Gasteiger partial charge in [0.2, 0.25) is 5.91 Å². The summed E-state index contributed by atoms with van der Waals surface area (Å²) in [5, 5.41) is 14.1. The first kappa shape index (κ1) is 21.9. The molecule has 2 aliphatic carbocycles. The minimum atomic E-state index is -1.07. The van der Waals surface area contributed by atoms with Gasteiger partial charge < -0.3 is 20.5 Å². The maximum Gasteiger partial charge on any atom is 0.407 e. The van der Waals surface area contributed by atoms with Crippen molar-refractivity contribution in [3.63, 3.8) is 0 Å². The van der Waals surface area contributed by atoms with Gasteiger partial charge >= 0.3 is 12.1 Å². The first-order valence-corrected chi connectivity index (χ1v) is 11.1. The molecule has 3 N–H and O–H groups in total. The van der Waals surface area contributed by atoms with Gasteiger partial charge in [0.15, 0.2) is 0 Å². The number of carbonyl (C=O) groups is 3. The molecule has 2 aromatic carbocycles. The van der Waals surface area contributed by atoms with Crippen LogP contribution in [-0.2, 0) is 14.3 Å². The van der Waals surface area contributed by atoms with Gasteiger partial charge in [-0.1, -0.05) is 61.4 Å². The Balaban J connectivity index is 1.32. The predicted octanol–water partition coefficient (Wildman–Crippen LogP) is 3.53. The first-order valence-electron chi connectivity index (χ1n) is 11.1. The summed E-state index contributed by atoms with van der Waals surface area (Å²) in [6.07, 6.45) is 2.92. The van der Waals surface area contributed by atoms with Crippen molar-refractivity contribution in [1.29, 1.82) is 0 Å². The molecule has 2 aliphatic rings. The van der Waals surface area contributed by atoms with Crippen molar-refractivity contribution in [2.45, 2.75) is 31.6 Å². The fraction of sp³-hybridized carbons (Fsp3) is 0.400. The van der Waals surface area contributed by atoms with Gasteiger partial charge in [-0.3, -0.25) is 9.59 Å². The van der Waals surface area contributed by atoms with Crippen LogP contribution in [0.3, 0.4) is 0 Å². The number of rotatable bonds is 7. The van der Waals surface area contributed by atoms with Gasteiger partial charge in [-0.25, -0.2) is 4.79 Å². The third-order valence-electron chi connectivity index (χ3n) is 6.51. The highest BCUT2D eigenvalue weighted by Gasteiger charge is 2.32. The van der Waals surface area contributed by atoms with E-state index in [2.05, 4.69) is 34.9 Å². The van der Waals surface area contributed by atoms with E-state index in [-0.39, 0.29) is 36.8 Å². The van der Waals surface area contributed by atoms with Crippen molar-refractivity contribution < 1.29 is 24.2 Å². The van der Waals surface area contributed by atoms with E-state index in [1.165, 1.54) is 11.1 Å². The molecule has 2 atom stereocenters. The van der Waals surface area contributed by atoms with Gasteiger partial charge in [0.1, 0.15) is 13.2 Å². The maximum atomic E-state index is 12.4. The zero-order chi connectivity index (χ0) is 22.5. The largest absolute Gasteiger partial charge is 0.480 e. The fourth-order valence-electron chi connectivity index (χ4n) is 4.95. The van der Waals surface area contributed by atoms with E-state index in [0.717, 1.165) is 30.4 Å². The van der Waals surface area contributed by atoms with E-state index in [4.69, 9.17) is 9.84 Å². The van der Waals surface area contributed by atoms with Crippen LogP contribution in [-0.4, -0.2) is 42.8 Å². The van der Waals surface area contributed by atoms with Crippen LogP contribution in [0.1, 0.15) is 42.7 Å². The highest BCUT2D eigenvalue weighted by molar-refractivity contribution is 5.83. The summed E-state index contributed by atoms with van der Waals surface area (Å²) in [7, 11) is 0. The Kier molecular flexibility index (Phi) is 6.73. The number of hydrogen-bond donors (Lipinski definition) is 3. The van der Waals surface area contributed by atoms with Crippen molar-refractivity contribution in [2.75, 3.05) is 19.7 Å². The van der Waals surface area contributed by atoms with Gasteiger partial charge in [0.05, 0.1) is 0 Å². The topological polar surface area (TPSA) is 105 Å². The lowest BCUT2D eigenvalue weighted by Crippen LogP contribution is -2.43. The summed E-state index contributed by atoms with van der Waals surface area (Å²) in [5.41, 5.74) is 4.66. The van der Waals surface area contributed by atoms with Crippen LogP contribution in [0.25, 0.3) is 11.1 Å². The summed E-state index contributed by atoms with van der Waals surface area (Å²) in [4.78, 5) is 35.5. The van der Waals surface area contributed by atoms with Gasteiger partial charge in [-0.2, -0.15) is 0 Å². The van der Waals surface area contributed by atoms with Gasteiger partial charge in [0.25, 0.3) is 0 Å². The van der Waals surface area contributed by atoms with Crippen LogP contribution in [0.2, 0.25) is 0 Å². The molecule has 7 heteroatoms. The van der Waals surface area contributed by atoms with E-state index in [1.54, 1.807) is 0 Å². The molecule has 4 rings (SSSR count). The third kappa shape index (κ3) is 4.77. The molecular formula is C25H28N2O5. The van der Waals surface area contributed by atoms with Crippen molar-refractivity contribution in [1.82, 2.24) is 10.6 Å². The summed E-state index contributed by atoms with van der Waals surface area (Å²) in [5.74, 6) is -1.65. The number of carboxylic acids is 1. The molecule has 0 radical (unpaired) electrons. The van der Waals surface area contributed by atoms with Gasteiger partial charge in [-0.15, -0.1) is 0 Å². The molecule has 7 nitrogen and oxygen atoms in total. The van der Waals surface area contributed by atoms with Gasteiger partial charge in [0, 0.05) is 18.4 Å². The third-order valence-corrected chi connectivity index (χ3v) is 6.51. The maximum absolute atomic E-state index is 12.4. The average molecular weight is 437 g/mol. The lowest BCUT2D eigenvalue weighted by molar-refractivity contribution is -0.139. The molecule has 0 unspecified atom stereocenters. The minimum absolute atomic E-state index is 0.00243. The molecule has 1 saturated carbocycles. The fourth-order valence-corrected chi connectivity index (χ4v) is 4.95. The first-order chi connectivity index (χ1) is 15.5. The molecule has 0 heterocycles. The average Bonchev–Trinajstić information content (AvgIpc) is 3.14. The number of carboxylic acid groups (broad SMARTS) is 1. The van der Waals surface area contributed by atoms with E-state index in [0.29, 0.717) is 13.0 Å². The molecule has 32 heavy (non-hydrogen) atoms. The quantitative estimate of drug-likeness (QED) is 0.616. The molecule has 1 fully saturated rings. The Morgan fingerprint density at radius 2 is 1.53 bits per heavy atom. The molecule has 0 saturated heterocycles. The second kappa shape index (κ2) is 9.85. The van der Waals surface area contributed by atoms with Gasteiger partial charge in [-0.05, 0) is 41.0 Å². The SMILES string of the molecule is O=C(O)CNC(=O)[C@@H]1CCCC[C@@H]1CNC(=O)OCC1c2ccccc2-c2ccccc21. The van der Waals surface area contributed by atoms with Crippen LogP contribution >= 0.6 is 0 Å². The number of hydrogen-bond acceptors (Lipinski definition) is 4. The number of alkyl carbamates (subject to hydrolysis) is 1. The highest BCUT2D eigenvalue weighted by atomic mass is 16.5.